The summed E-state index contributed by atoms with van der Waals surface area (Å²) in [4.78, 5) is 17.0. The van der Waals surface area contributed by atoms with E-state index in [4.69, 9.17) is 23.2 Å². The number of carbonyl (C=O) groups is 1. The first-order valence-electron chi connectivity index (χ1n) is 6.09. The number of nitrogens with zero attached hydrogens (tertiary/aromatic N) is 1. The number of amides is 1. The summed E-state index contributed by atoms with van der Waals surface area (Å²) >= 11 is 11.7. The molecule has 1 saturated heterocycles. The van der Waals surface area contributed by atoms with Crippen LogP contribution in [0.5, 0.6) is 0 Å². The minimum Gasteiger partial charge on any atom is -0.340 e. The molecule has 4 nitrogen and oxygen atoms in total. The van der Waals surface area contributed by atoms with Gasteiger partial charge in [0.25, 0.3) is 5.91 Å². The van der Waals surface area contributed by atoms with E-state index in [0.717, 1.165) is 32.5 Å². The molecule has 18 heavy (non-hydrogen) atoms. The molecule has 6 heteroatoms. The van der Waals surface area contributed by atoms with Crippen LogP contribution >= 0.6 is 23.2 Å². The van der Waals surface area contributed by atoms with Gasteiger partial charge < -0.3 is 15.2 Å². The third kappa shape index (κ3) is 2.99. The van der Waals surface area contributed by atoms with Gasteiger partial charge in [-0.3, -0.25) is 4.79 Å². The molecular weight excluding hydrogens is 273 g/mol. The summed E-state index contributed by atoms with van der Waals surface area (Å²) in [5.41, 5.74) is 0.468. The van der Waals surface area contributed by atoms with Crippen molar-refractivity contribution in [2.45, 2.75) is 12.8 Å². The topological polar surface area (TPSA) is 48.1 Å². The van der Waals surface area contributed by atoms with Crippen molar-refractivity contribution < 1.29 is 4.79 Å². The molecule has 0 spiro atoms. The third-order valence-corrected chi connectivity index (χ3v) is 3.95. The summed E-state index contributed by atoms with van der Waals surface area (Å²) < 4.78 is 0. The minimum atomic E-state index is -0.0235. The smallest absolute Gasteiger partial charge is 0.270 e. The van der Waals surface area contributed by atoms with Gasteiger partial charge in [-0.05, 0) is 38.4 Å². The monoisotopic (exact) mass is 289 g/mol. The Labute approximate surface area is 117 Å². The molecule has 100 valence electrons. The molecule has 2 rings (SSSR count). The van der Waals surface area contributed by atoms with Gasteiger partial charge in [-0.25, -0.2) is 0 Å². The first-order valence-corrected chi connectivity index (χ1v) is 6.85. The Hall–Kier alpha value is -0.710. The van der Waals surface area contributed by atoms with Crippen molar-refractivity contribution in [1.82, 2.24) is 15.2 Å². The molecular formula is C12H17Cl2N3O. The number of H-pyrrole nitrogens is 1. The van der Waals surface area contributed by atoms with Gasteiger partial charge in [-0.1, -0.05) is 23.2 Å². The molecule has 1 aromatic rings. The SMILES string of the molecule is CNC[C@@H]1CCCN(C(=O)c2cc(Cl)c(Cl)[nH]2)C1. The number of hydrogen-bond acceptors (Lipinski definition) is 2. The number of piperidine rings is 1. The van der Waals surface area contributed by atoms with E-state index in [1.807, 2.05) is 11.9 Å². The molecule has 0 unspecified atom stereocenters. The van der Waals surface area contributed by atoms with E-state index in [-0.39, 0.29) is 5.91 Å². The highest BCUT2D eigenvalue weighted by molar-refractivity contribution is 6.41. The van der Waals surface area contributed by atoms with Gasteiger partial charge in [0.05, 0.1) is 5.02 Å². The van der Waals surface area contributed by atoms with E-state index in [1.165, 1.54) is 0 Å². The average Bonchev–Trinajstić information content (AvgIpc) is 2.69. The third-order valence-electron chi connectivity index (χ3n) is 3.25. The first-order chi connectivity index (χ1) is 8.61. The van der Waals surface area contributed by atoms with Crippen molar-refractivity contribution >= 4 is 29.1 Å². The van der Waals surface area contributed by atoms with Gasteiger partial charge in [-0.2, -0.15) is 0 Å². The normalized spacial score (nSPS) is 20.2. The largest absolute Gasteiger partial charge is 0.340 e. The second kappa shape index (κ2) is 5.95. The highest BCUT2D eigenvalue weighted by atomic mass is 35.5. The van der Waals surface area contributed by atoms with Crippen LogP contribution in [-0.2, 0) is 0 Å². The second-order valence-electron chi connectivity index (χ2n) is 4.66. The molecule has 1 fully saturated rings. The van der Waals surface area contributed by atoms with E-state index in [9.17, 15) is 4.79 Å². The molecule has 1 atom stereocenters. The Balaban J connectivity index is 2.04. The number of hydrogen-bond donors (Lipinski definition) is 2. The first kappa shape index (κ1) is 13.7. The van der Waals surface area contributed by atoms with Crippen LogP contribution in [0.3, 0.4) is 0 Å². The predicted octanol–water partition coefficient (Wildman–Crippen LogP) is 2.39. The van der Waals surface area contributed by atoms with E-state index in [2.05, 4.69) is 10.3 Å². The van der Waals surface area contributed by atoms with Crippen LogP contribution in [0.25, 0.3) is 0 Å². The Morgan fingerprint density at radius 1 is 1.61 bits per heavy atom. The molecule has 0 aromatic carbocycles. The number of halogens is 2. The van der Waals surface area contributed by atoms with E-state index >= 15 is 0 Å². The van der Waals surface area contributed by atoms with Crippen molar-refractivity contribution in [3.8, 4) is 0 Å². The summed E-state index contributed by atoms with van der Waals surface area (Å²) in [5.74, 6) is 0.498. The van der Waals surface area contributed by atoms with E-state index < -0.39 is 0 Å². The molecule has 1 aromatic heterocycles. The average molecular weight is 290 g/mol. The highest BCUT2D eigenvalue weighted by Gasteiger charge is 2.25. The van der Waals surface area contributed by atoms with Gasteiger partial charge in [-0.15, -0.1) is 0 Å². The van der Waals surface area contributed by atoms with Crippen LogP contribution in [-0.4, -0.2) is 42.5 Å². The summed E-state index contributed by atoms with van der Waals surface area (Å²) in [5, 5.41) is 3.88. The maximum Gasteiger partial charge on any atom is 0.270 e. The second-order valence-corrected chi connectivity index (χ2v) is 5.45. The molecule has 0 saturated carbocycles. The Morgan fingerprint density at radius 2 is 2.39 bits per heavy atom. The van der Waals surface area contributed by atoms with Crippen molar-refractivity contribution in [1.29, 1.82) is 0 Å². The number of aromatic amines is 1. The van der Waals surface area contributed by atoms with Gasteiger partial charge in [0.2, 0.25) is 0 Å². The van der Waals surface area contributed by atoms with E-state index in [0.29, 0.717) is 21.8 Å². The lowest BCUT2D eigenvalue weighted by Crippen LogP contribution is -2.42. The van der Waals surface area contributed by atoms with Crippen LogP contribution in [0.15, 0.2) is 6.07 Å². The fourth-order valence-corrected chi connectivity index (χ4v) is 2.71. The lowest BCUT2D eigenvalue weighted by atomic mass is 9.98. The zero-order valence-electron chi connectivity index (χ0n) is 10.3. The maximum atomic E-state index is 12.3. The van der Waals surface area contributed by atoms with Crippen LogP contribution in [0.1, 0.15) is 23.3 Å². The summed E-state index contributed by atoms with van der Waals surface area (Å²) in [6, 6.07) is 1.59. The highest BCUT2D eigenvalue weighted by Crippen LogP contribution is 2.24. The van der Waals surface area contributed by atoms with Gasteiger partial charge >= 0.3 is 0 Å². The molecule has 2 N–H and O–H groups in total. The van der Waals surface area contributed by atoms with E-state index in [1.54, 1.807) is 6.07 Å². The lowest BCUT2D eigenvalue weighted by Gasteiger charge is -2.32. The molecule has 0 radical (unpaired) electrons. The molecule has 1 amide bonds. The van der Waals surface area contributed by atoms with Gasteiger partial charge in [0.1, 0.15) is 10.8 Å². The Morgan fingerprint density at radius 3 is 3.00 bits per heavy atom. The molecule has 1 aliphatic heterocycles. The lowest BCUT2D eigenvalue weighted by molar-refractivity contribution is 0.0669. The zero-order valence-corrected chi connectivity index (χ0v) is 11.8. The van der Waals surface area contributed by atoms with Crippen LogP contribution in [0, 0.1) is 5.92 Å². The predicted molar refractivity (Wildman–Crippen MR) is 73.4 cm³/mol. The zero-order chi connectivity index (χ0) is 13.1. The van der Waals surface area contributed by atoms with Gasteiger partial charge in [0, 0.05) is 13.1 Å². The molecule has 2 heterocycles. The van der Waals surface area contributed by atoms with Crippen LogP contribution < -0.4 is 5.32 Å². The summed E-state index contributed by atoms with van der Waals surface area (Å²) in [6.07, 6.45) is 2.21. The number of carbonyl (C=O) groups excluding carboxylic acids is 1. The fraction of sp³-hybridized carbons (Fsp3) is 0.583. The summed E-state index contributed by atoms with van der Waals surface area (Å²) in [7, 11) is 1.94. The summed E-state index contributed by atoms with van der Waals surface area (Å²) in [6.45, 7) is 2.53. The fourth-order valence-electron chi connectivity index (χ4n) is 2.39. The number of rotatable bonds is 3. The van der Waals surface area contributed by atoms with Crippen molar-refractivity contribution in [2.24, 2.45) is 5.92 Å². The molecule has 1 aliphatic rings. The number of likely N-dealkylation sites (tertiary alicyclic amines) is 1. The Bertz CT molecular complexity index is 411. The number of nitrogens with one attached hydrogen (secondary N) is 2. The molecule has 0 aliphatic carbocycles. The van der Waals surface area contributed by atoms with Crippen molar-refractivity contribution in [3.63, 3.8) is 0 Å². The van der Waals surface area contributed by atoms with Crippen LogP contribution in [0.2, 0.25) is 10.2 Å². The quantitative estimate of drug-likeness (QED) is 0.898. The number of aromatic nitrogens is 1. The van der Waals surface area contributed by atoms with Gasteiger partial charge in [0.15, 0.2) is 0 Å². The van der Waals surface area contributed by atoms with Crippen LogP contribution in [0.4, 0.5) is 0 Å². The standard InChI is InChI=1S/C12H17Cl2N3O/c1-15-6-8-3-2-4-17(7-8)12(18)10-5-9(13)11(14)16-10/h5,8,15-16H,2-4,6-7H2,1H3/t8-/m0/s1. The van der Waals surface area contributed by atoms with Crippen molar-refractivity contribution in [3.05, 3.63) is 21.9 Å². The minimum absolute atomic E-state index is 0.0235. The maximum absolute atomic E-state index is 12.3. The van der Waals surface area contributed by atoms with Crippen molar-refractivity contribution in [2.75, 3.05) is 26.7 Å². The Kier molecular flexibility index (Phi) is 4.54. The molecule has 0 bridgehead atoms.